The van der Waals surface area contributed by atoms with Crippen molar-refractivity contribution in [2.45, 2.75) is 39.7 Å². The molecule has 0 aliphatic heterocycles. The molecule has 6 nitrogen and oxygen atoms in total. The summed E-state index contributed by atoms with van der Waals surface area (Å²) >= 11 is 1.29. The predicted molar refractivity (Wildman–Crippen MR) is 106 cm³/mol. The highest BCUT2D eigenvalue weighted by Gasteiger charge is 2.22. The lowest BCUT2D eigenvalue weighted by Crippen LogP contribution is -2.28. The average Bonchev–Trinajstić information content (AvgIpc) is 3.03. The zero-order chi connectivity index (χ0) is 19.3. The van der Waals surface area contributed by atoms with E-state index in [-0.39, 0.29) is 11.8 Å². The van der Waals surface area contributed by atoms with Crippen LogP contribution in [0.5, 0.6) is 0 Å². The molecule has 1 aromatic carbocycles. The van der Waals surface area contributed by atoms with E-state index in [1.165, 1.54) is 11.3 Å². The molecule has 0 aliphatic rings. The van der Waals surface area contributed by atoms with Crippen LogP contribution < -0.4 is 10.0 Å². The van der Waals surface area contributed by atoms with Crippen molar-refractivity contribution in [3.05, 3.63) is 45.9 Å². The van der Waals surface area contributed by atoms with E-state index in [1.54, 1.807) is 5.38 Å². The van der Waals surface area contributed by atoms with Gasteiger partial charge in [-0.1, -0.05) is 39.0 Å². The number of aryl methyl sites for hydroxylation is 1. The van der Waals surface area contributed by atoms with Crippen molar-refractivity contribution in [2.75, 3.05) is 11.6 Å². The Labute approximate surface area is 159 Å². The van der Waals surface area contributed by atoms with E-state index in [4.69, 9.17) is 0 Å². The summed E-state index contributed by atoms with van der Waals surface area (Å²) in [6.45, 7) is 6.05. The SMILES string of the molecule is CCc1ccccc1NC(=O)c1csc([C@@H](CC(C)C)NS(C)(=O)=O)n1. The Morgan fingerprint density at radius 1 is 1.27 bits per heavy atom. The lowest BCUT2D eigenvalue weighted by atomic mass is 10.1. The first-order chi connectivity index (χ1) is 12.2. The number of para-hydroxylation sites is 1. The molecule has 8 heteroatoms. The minimum atomic E-state index is -3.37. The summed E-state index contributed by atoms with van der Waals surface area (Å²) in [7, 11) is -3.37. The standard InChI is InChI=1S/C18H25N3O3S2/c1-5-13-8-6-7-9-14(13)19-17(22)16-11-25-18(20-16)15(10-12(2)3)21-26(4,23)24/h6-9,11-12,15,21H,5,10H2,1-4H3,(H,19,22)/t15-/m1/s1. The first-order valence-corrected chi connectivity index (χ1v) is 11.3. The summed E-state index contributed by atoms with van der Waals surface area (Å²) in [5.41, 5.74) is 2.11. The van der Waals surface area contributed by atoms with Crippen LogP contribution in [0.3, 0.4) is 0 Å². The van der Waals surface area contributed by atoms with Crippen LogP contribution in [0.1, 0.15) is 54.3 Å². The molecule has 2 aromatic rings. The summed E-state index contributed by atoms with van der Waals surface area (Å²) in [5, 5.41) is 5.14. The highest BCUT2D eigenvalue weighted by atomic mass is 32.2. The second-order valence-corrected chi connectivity index (χ2v) is 9.28. The highest BCUT2D eigenvalue weighted by Crippen LogP contribution is 2.26. The number of carbonyl (C=O) groups excluding carboxylic acids is 1. The fourth-order valence-corrected chi connectivity index (χ4v) is 4.28. The number of anilines is 1. The van der Waals surface area contributed by atoms with E-state index >= 15 is 0 Å². The van der Waals surface area contributed by atoms with Gasteiger partial charge in [-0.05, 0) is 30.4 Å². The largest absolute Gasteiger partial charge is 0.320 e. The van der Waals surface area contributed by atoms with Gasteiger partial charge in [-0.2, -0.15) is 0 Å². The highest BCUT2D eigenvalue weighted by molar-refractivity contribution is 7.88. The summed E-state index contributed by atoms with van der Waals surface area (Å²) in [6.07, 6.45) is 2.55. The maximum absolute atomic E-state index is 12.5. The third-order valence-electron chi connectivity index (χ3n) is 3.76. The molecular formula is C18H25N3O3S2. The Kier molecular flexibility index (Phi) is 6.91. The molecule has 2 rings (SSSR count). The number of aromatic nitrogens is 1. The minimum absolute atomic E-state index is 0.284. The van der Waals surface area contributed by atoms with E-state index in [0.29, 0.717) is 17.1 Å². The maximum Gasteiger partial charge on any atom is 0.275 e. The fourth-order valence-electron chi connectivity index (χ4n) is 2.62. The second-order valence-electron chi connectivity index (χ2n) is 6.61. The third-order valence-corrected chi connectivity index (χ3v) is 5.43. The lowest BCUT2D eigenvalue weighted by molar-refractivity contribution is 0.102. The topological polar surface area (TPSA) is 88.2 Å². The molecule has 1 atom stereocenters. The first kappa shape index (κ1) is 20.5. The molecule has 2 N–H and O–H groups in total. The number of carbonyl (C=O) groups is 1. The van der Waals surface area contributed by atoms with Crippen LogP contribution >= 0.6 is 11.3 Å². The van der Waals surface area contributed by atoms with E-state index in [2.05, 4.69) is 15.0 Å². The van der Waals surface area contributed by atoms with E-state index in [9.17, 15) is 13.2 Å². The number of amides is 1. The number of benzene rings is 1. The van der Waals surface area contributed by atoms with Gasteiger partial charge in [0.15, 0.2) is 0 Å². The van der Waals surface area contributed by atoms with Gasteiger partial charge in [0.1, 0.15) is 10.7 Å². The number of hydrogen-bond acceptors (Lipinski definition) is 5. The Bertz CT molecular complexity index is 860. The van der Waals surface area contributed by atoms with Crippen molar-refractivity contribution in [1.29, 1.82) is 0 Å². The molecule has 26 heavy (non-hydrogen) atoms. The maximum atomic E-state index is 12.5. The van der Waals surface area contributed by atoms with Crippen LogP contribution in [0.4, 0.5) is 5.69 Å². The smallest absolute Gasteiger partial charge is 0.275 e. The summed E-state index contributed by atoms with van der Waals surface area (Å²) < 4.78 is 25.9. The molecular weight excluding hydrogens is 370 g/mol. The van der Waals surface area contributed by atoms with Crippen molar-refractivity contribution in [3.8, 4) is 0 Å². The Morgan fingerprint density at radius 2 is 1.96 bits per heavy atom. The molecule has 0 aliphatic carbocycles. The van der Waals surface area contributed by atoms with Gasteiger partial charge in [0.25, 0.3) is 5.91 Å². The van der Waals surface area contributed by atoms with Gasteiger partial charge >= 0.3 is 0 Å². The summed E-state index contributed by atoms with van der Waals surface area (Å²) in [6, 6.07) is 7.20. The molecule has 0 spiro atoms. The molecule has 0 fully saturated rings. The van der Waals surface area contributed by atoms with Crippen LogP contribution in [-0.2, 0) is 16.4 Å². The van der Waals surface area contributed by atoms with Gasteiger partial charge in [-0.15, -0.1) is 11.3 Å². The predicted octanol–water partition coefficient (Wildman–Crippen LogP) is 3.59. The minimum Gasteiger partial charge on any atom is -0.320 e. The van der Waals surface area contributed by atoms with Crippen LogP contribution in [0, 0.1) is 5.92 Å². The summed E-state index contributed by atoms with van der Waals surface area (Å²) in [4.78, 5) is 16.9. The van der Waals surface area contributed by atoms with Crippen LogP contribution in [0.2, 0.25) is 0 Å². The van der Waals surface area contributed by atoms with Gasteiger partial charge in [0.2, 0.25) is 10.0 Å². The number of thiazole rings is 1. The van der Waals surface area contributed by atoms with E-state index in [1.807, 2.05) is 45.0 Å². The molecule has 142 valence electrons. The second kappa shape index (κ2) is 8.75. The zero-order valence-electron chi connectivity index (χ0n) is 15.4. The van der Waals surface area contributed by atoms with Crippen LogP contribution in [-0.4, -0.2) is 25.6 Å². The molecule has 0 radical (unpaired) electrons. The van der Waals surface area contributed by atoms with Crippen molar-refractivity contribution in [1.82, 2.24) is 9.71 Å². The van der Waals surface area contributed by atoms with Crippen molar-refractivity contribution < 1.29 is 13.2 Å². The molecule has 0 bridgehead atoms. The summed E-state index contributed by atoms with van der Waals surface area (Å²) in [5.74, 6) is -0.0112. The zero-order valence-corrected chi connectivity index (χ0v) is 17.1. The van der Waals surface area contributed by atoms with Gasteiger partial charge in [0, 0.05) is 11.1 Å². The monoisotopic (exact) mass is 395 g/mol. The van der Waals surface area contributed by atoms with Gasteiger partial charge in [0.05, 0.1) is 12.3 Å². The quantitative estimate of drug-likeness (QED) is 0.715. The van der Waals surface area contributed by atoms with E-state index in [0.717, 1.165) is 23.9 Å². The molecule has 1 aromatic heterocycles. The van der Waals surface area contributed by atoms with Crippen LogP contribution in [0.25, 0.3) is 0 Å². The van der Waals surface area contributed by atoms with Crippen molar-refractivity contribution in [2.24, 2.45) is 5.92 Å². The normalized spacial score (nSPS) is 13.0. The number of nitrogens with zero attached hydrogens (tertiary/aromatic N) is 1. The van der Waals surface area contributed by atoms with Crippen molar-refractivity contribution in [3.63, 3.8) is 0 Å². The van der Waals surface area contributed by atoms with E-state index < -0.39 is 16.1 Å². The van der Waals surface area contributed by atoms with Crippen LogP contribution in [0.15, 0.2) is 29.6 Å². The molecule has 1 heterocycles. The molecule has 0 unspecified atom stereocenters. The first-order valence-electron chi connectivity index (χ1n) is 8.51. The number of nitrogens with one attached hydrogen (secondary N) is 2. The van der Waals surface area contributed by atoms with Crippen molar-refractivity contribution >= 4 is 33.0 Å². The molecule has 0 saturated heterocycles. The lowest BCUT2D eigenvalue weighted by Gasteiger charge is -2.17. The number of sulfonamides is 1. The Hall–Kier alpha value is -1.77. The average molecular weight is 396 g/mol. The van der Waals surface area contributed by atoms with Gasteiger partial charge in [-0.25, -0.2) is 18.1 Å². The molecule has 1 amide bonds. The fraction of sp³-hybridized carbons (Fsp3) is 0.444. The Morgan fingerprint density at radius 3 is 2.58 bits per heavy atom. The van der Waals surface area contributed by atoms with Gasteiger partial charge < -0.3 is 5.32 Å². The third kappa shape index (κ3) is 5.89. The Balaban J connectivity index is 2.19. The molecule has 0 saturated carbocycles. The van der Waals surface area contributed by atoms with Gasteiger partial charge in [-0.3, -0.25) is 4.79 Å². The number of hydrogen-bond donors (Lipinski definition) is 2. The number of rotatable bonds is 8.